The van der Waals surface area contributed by atoms with Gasteiger partial charge in [-0.15, -0.1) is 0 Å². The van der Waals surface area contributed by atoms with Gasteiger partial charge >= 0.3 is 0 Å². The van der Waals surface area contributed by atoms with Crippen molar-refractivity contribution < 1.29 is 4.74 Å². The molecule has 0 N–H and O–H groups in total. The van der Waals surface area contributed by atoms with Crippen molar-refractivity contribution in [3.8, 4) is 5.75 Å². The van der Waals surface area contributed by atoms with E-state index in [0.29, 0.717) is 11.7 Å². The number of rotatable bonds is 2. The smallest absolute Gasteiger partial charge is 0.258 e. The molecule has 0 saturated heterocycles. The van der Waals surface area contributed by atoms with E-state index in [2.05, 4.69) is 32.3 Å². The molecule has 0 aliphatic heterocycles. The fraction of sp³-hybridized carbons (Fsp3) is 0.167. The molecule has 1 rings (SSSR count). The Morgan fingerprint density at radius 3 is 2.64 bits per heavy atom. The summed E-state index contributed by atoms with van der Waals surface area (Å²) < 4.78 is 4.83. The molecule has 0 radical (unpaired) electrons. The van der Waals surface area contributed by atoms with Crippen LogP contribution >= 0.6 is 12.2 Å². The molecule has 56 valence electrons. The van der Waals surface area contributed by atoms with Gasteiger partial charge in [-0.1, -0.05) is 0 Å². The molecule has 11 heavy (non-hydrogen) atoms. The molecule has 1 aromatic rings. The lowest BCUT2D eigenvalue weighted by atomic mass is 10.6. The minimum atomic E-state index is 0.292. The SMILES string of the molecule is COc1cnc(N=C=S)nc1. The lowest BCUT2D eigenvalue weighted by molar-refractivity contribution is 0.411. The van der Waals surface area contributed by atoms with Gasteiger partial charge in [-0.25, -0.2) is 9.97 Å². The molecular formula is C6H5N3OS. The van der Waals surface area contributed by atoms with E-state index < -0.39 is 0 Å². The molecular weight excluding hydrogens is 162 g/mol. The van der Waals surface area contributed by atoms with Crippen molar-refractivity contribution in [2.24, 2.45) is 4.99 Å². The molecule has 0 aliphatic rings. The average molecular weight is 167 g/mol. The third-order valence-corrected chi connectivity index (χ3v) is 1.09. The van der Waals surface area contributed by atoms with E-state index in [9.17, 15) is 0 Å². The van der Waals surface area contributed by atoms with E-state index in [1.807, 2.05) is 0 Å². The standard InChI is InChI=1S/C6H5N3OS/c1-10-5-2-7-6(8-3-5)9-4-11/h2-3H,1H3. The van der Waals surface area contributed by atoms with E-state index in [0.717, 1.165) is 0 Å². The monoisotopic (exact) mass is 167 g/mol. The molecule has 0 amide bonds. The summed E-state index contributed by atoms with van der Waals surface area (Å²) in [6, 6.07) is 0. The van der Waals surface area contributed by atoms with E-state index >= 15 is 0 Å². The molecule has 1 aromatic heterocycles. The number of ether oxygens (including phenoxy) is 1. The largest absolute Gasteiger partial charge is 0.494 e. The van der Waals surface area contributed by atoms with Gasteiger partial charge in [-0.2, -0.15) is 4.99 Å². The van der Waals surface area contributed by atoms with Gasteiger partial charge < -0.3 is 4.74 Å². The Hall–Kier alpha value is -1.32. The van der Waals surface area contributed by atoms with Crippen molar-refractivity contribution in [2.75, 3.05) is 7.11 Å². The Balaban J connectivity index is 2.91. The first-order valence-electron chi connectivity index (χ1n) is 2.80. The van der Waals surface area contributed by atoms with Gasteiger partial charge in [-0.05, 0) is 12.2 Å². The van der Waals surface area contributed by atoms with Crippen LogP contribution in [0, 0.1) is 0 Å². The molecule has 0 saturated carbocycles. The lowest BCUT2D eigenvalue weighted by Gasteiger charge is -1.95. The van der Waals surface area contributed by atoms with E-state index in [-0.39, 0.29) is 0 Å². The van der Waals surface area contributed by atoms with Crippen LogP contribution in [-0.2, 0) is 0 Å². The molecule has 5 heteroatoms. The Kier molecular flexibility index (Phi) is 2.66. The van der Waals surface area contributed by atoms with Crippen LogP contribution in [0.15, 0.2) is 17.4 Å². The first-order chi connectivity index (χ1) is 5.36. The maximum Gasteiger partial charge on any atom is 0.258 e. The molecule has 1 heterocycles. The maximum absolute atomic E-state index is 4.83. The van der Waals surface area contributed by atoms with Crippen molar-refractivity contribution in [1.29, 1.82) is 0 Å². The van der Waals surface area contributed by atoms with Gasteiger partial charge in [0.15, 0.2) is 5.75 Å². The summed E-state index contributed by atoms with van der Waals surface area (Å²) in [6.07, 6.45) is 3.02. The molecule has 0 spiro atoms. The molecule has 0 unspecified atom stereocenters. The van der Waals surface area contributed by atoms with Crippen molar-refractivity contribution in [2.45, 2.75) is 0 Å². The van der Waals surface area contributed by atoms with Crippen LogP contribution in [0.5, 0.6) is 5.75 Å². The Morgan fingerprint density at radius 2 is 2.18 bits per heavy atom. The zero-order valence-corrected chi connectivity index (χ0v) is 6.63. The highest BCUT2D eigenvalue weighted by atomic mass is 32.1. The van der Waals surface area contributed by atoms with Gasteiger partial charge in [0, 0.05) is 0 Å². The third-order valence-electron chi connectivity index (χ3n) is 0.996. The Labute approximate surface area is 69.0 Å². The zero-order valence-electron chi connectivity index (χ0n) is 5.81. The van der Waals surface area contributed by atoms with Crippen molar-refractivity contribution in [3.63, 3.8) is 0 Å². The van der Waals surface area contributed by atoms with Crippen molar-refractivity contribution in [1.82, 2.24) is 9.97 Å². The van der Waals surface area contributed by atoms with E-state index in [4.69, 9.17) is 4.74 Å². The van der Waals surface area contributed by atoms with Crippen LogP contribution < -0.4 is 4.74 Å². The fourth-order valence-corrected chi connectivity index (χ4v) is 0.595. The summed E-state index contributed by atoms with van der Waals surface area (Å²) in [5, 5.41) is 2.16. The van der Waals surface area contributed by atoms with Crippen molar-refractivity contribution in [3.05, 3.63) is 12.4 Å². The predicted molar refractivity (Wildman–Crippen MR) is 43.3 cm³/mol. The lowest BCUT2D eigenvalue weighted by Crippen LogP contribution is -1.85. The zero-order chi connectivity index (χ0) is 8.10. The fourth-order valence-electron chi connectivity index (χ4n) is 0.513. The number of nitrogens with zero attached hydrogens (tertiary/aromatic N) is 3. The topological polar surface area (TPSA) is 47.4 Å². The first kappa shape index (κ1) is 7.78. The third kappa shape index (κ3) is 2.07. The second-order valence-corrected chi connectivity index (χ2v) is 1.81. The maximum atomic E-state index is 4.83. The number of aromatic nitrogens is 2. The normalized spacial score (nSPS) is 8.45. The Morgan fingerprint density at radius 1 is 1.55 bits per heavy atom. The molecule has 0 bridgehead atoms. The summed E-state index contributed by atoms with van der Waals surface area (Å²) in [4.78, 5) is 11.2. The number of hydrogen-bond acceptors (Lipinski definition) is 5. The van der Waals surface area contributed by atoms with Crippen LogP contribution in [0.4, 0.5) is 5.95 Å². The average Bonchev–Trinajstić information content (AvgIpc) is 2.07. The van der Waals surface area contributed by atoms with Gasteiger partial charge in [0.2, 0.25) is 0 Å². The second-order valence-electron chi connectivity index (χ2n) is 1.63. The number of aliphatic imine (C=N–C) groups is 1. The molecule has 0 fully saturated rings. The highest BCUT2D eigenvalue weighted by Crippen LogP contribution is 2.08. The summed E-state index contributed by atoms with van der Waals surface area (Å²) in [7, 11) is 1.54. The summed E-state index contributed by atoms with van der Waals surface area (Å²) in [6.45, 7) is 0. The second kappa shape index (κ2) is 3.75. The number of isothiocyanates is 1. The minimum absolute atomic E-state index is 0.292. The van der Waals surface area contributed by atoms with Gasteiger partial charge in [0.25, 0.3) is 5.95 Å². The summed E-state index contributed by atoms with van der Waals surface area (Å²) >= 11 is 4.37. The minimum Gasteiger partial charge on any atom is -0.494 e. The highest BCUT2D eigenvalue weighted by molar-refractivity contribution is 7.78. The number of hydrogen-bond donors (Lipinski definition) is 0. The summed E-state index contributed by atoms with van der Waals surface area (Å²) in [5.74, 6) is 0.883. The quantitative estimate of drug-likeness (QED) is 0.490. The van der Waals surface area contributed by atoms with Gasteiger partial charge in [0.1, 0.15) is 0 Å². The van der Waals surface area contributed by atoms with Gasteiger partial charge in [0.05, 0.1) is 24.7 Å². The molecule has 4 nitrogen and oxygen atoms in total. The predicted octanol–water partition coefficient (Wildman–Crippen LogP) is 1.22. The van der Waals surface area contributed by atoms with Crippen LogP contribution in [0.2, 0.25) is 0 Å². The van der Waals surface area contributed by atoms with Crippen molar-refractivity contribution >= 4 is 23.3 Å². The van der Waals surface area contributed by atoms with Crippen LogP contribution in [0.3, 0.4) is 0 Å². The molecule has 0 aliphatic carbocycles. The van der Waals surface area contributed by atoms with Crippen LogP contribution in [0.25, 0.3) is 0 Å². The van der Waals surface area contributed by atoms with Crippen LogP contribution in [0.1, 0.15) is 0 Å². The van der Waals surface area contributed by atoms with E-state index in [1.165, 1.54) is 12.4 Å². The van der Waals surface area contributed by atoms with Crippen LogP contribution in [-0.4, -0.2) is 22.2 Å². The highest BCUT2D eigenvalue weighted by Gasteiger charge is 1.92. The molecule has 0 atom stereocenters. The Bertz CT molecular complexity index is 278. The number of thiocarbonyl (C=S) groups is 1. The first-order valence-corrected chi connectivity index (χ1v) is 3.21. The molecule has 0 aromatic carbocycles. The van der Waals surface area contributed by atoms with Gasteiger partial charge in [-0.3, -0.25) is 0 Å². The summed E-state index contributed by atoms with van der Waals surface area (Å²) in [5.41, 5.74) is 0. The number of methoxy groups -OCH3 is 1. The van der Waals surface area contributed by atoms with E-state index in [1.54, 1.807) is 7.11 Å².